The first kappa shape index (κ1) is 19.2. The van der Waals surface area contributed by atoms with Gasteiger partial charge in [0.1, 0.15) is 0 Å². The first-order valence-corrected chi connectivity index (χ1v) is 9.42. The van der Waals surface area contributed by atoms with Gasteiger partial charge in [0.15, 0.2) is 0 Å². The number of hydrogen-bond donors (Lipinski definition) is 1. The number of anilines is 2. The molecule has 1 saturated heterocycles. The maximum atomic E-state index is 12.5. The molecular formula is C21H24ClN3O2. The van der Waals surface area contributed by atoms with Crippen molar-refractivity contribution in [2.24, 2.45) is 0 Å². The van der Waals surface area contributed by atoms with Crippen molar-refractivity contribution in [3.8, 4) is 0 Å². The van der Waals surface area contributed by atoms with Gasteiger partial charge in [-0.2, -0.15) is 0 Å². The number of piperazine rings is 1. The number of carbonyl (C=O) groups excluding carboxylic acids is 2. The molecule has 0 unspecified atom stereocenters. The van der Waals surface area contributed by atoms with E-state index in [0.717, 1.165) is 5.56 Å². The fraction of sp³-hybridized carbons (Fsp3) is 0.333. The molecule has 0 spiro atoms. The standard InChI is InChI=1S/C21H24ClN3O2/c1-14-5-4-6-19(16(14)3)24-9-11-25(12-10-24)21(27)20(26)23-17-8-7-15(2)18(22)13-17/h4-8,13H,9-12H2,1-3H3,(H,23,26). The predicted octanol–water partition coefficient (Wildman–Crippen LogP) is 3.55. The molecule has 0 aromatic heterocycles. The Hall–Kier alpha value is -2.53. The van der Waals surface area contributed by atoms with E-state index in [0.29, 0.717) is 36.9 Å². The van der Waals surface area contributed by atoms with Crippen LogP contribution < -0.4 is 10.2 Å². The maximum absolute atomic E-state index is 12.5. The van der Waals surface area contributed by atoms with Crippen molar-refractivity contribution in [3.63, 3.8) is 0 Å². The quantitative estimate of drug-likeness (QED) is 0.804. The summed E-state index contributed by atoms with van der Waals surface area (Å²) < 4.78 is 0. The van der Waals surface area contributed by atoms with Gasteiger partial charge in [0, 0.05) is 42.6 Å². The van der Waals surface area contributed by atoms with Crippen LogP contribution in [0.2, 0.25) is 5.02 Å². The monoisotopic (exact) mass is 385 g/mol. The summed E-state index contributed by atoms with van der Waals surface area (Å²) in [5.41, 5.74) is 5.15. The van der Waals surface area contributed by atoms with Crippen molar-refractivity contribution in [1.82, 2.24) is 4.90 Å². The number of carbonyl (C=O) groups is 2. The number of nitrogens with zero attached hydrogens (tertiary/aromatic N) is 2. The SMILES string of the molecule is Cc1ccc(NC(=O)C(=O)N2CCN(c3cccc(C)c3C)CC2)cc1Cl. The minimum atomic E-state index is -0.630. The van der Waals surface area contributed by atoms with Crippen LogP contribution in [0.3, 0.4) is 0 Å². The molecule has 5 nitrogen and oxygen atoms in total. The molecule has 27 heavy (non-hydrogen) atoms. The zero-order chi connectivity index (χ0) is 19.6. The fourth-order valence-electron chi connectivity index (χ4n) is 3.23. The largest absolute Gasteiger partial charge is 0.368 e. The Morgan fingerprint density at radius 3 is 2.33 bits per heavy atom. The molecule has 0 bridgehead atoms. The van der Waals surface area contributed by atoms with Crippen LogP contribution in [-0.2, 0) is 9.59 Å². The molecule has 2 amide bonds. The Balaban J connectivity index is 1.60. The van der Waals surface area contributed by atoms with Crippen LogP contribution in [-0.4, -0.2) is 42.9 Å². The molecule has 1 fully saturated rings. The van der Waals surface area contributed by atoms with E-state index < -0.39 is 11.8 Å². The third-order valence-electron chi connectivity index (χ3n) is 5.11. The zero-order valence-electron chi connectivity index (χ0n) is 15.9. The lowest BCUT2D eigenvalue weighted by Crippen LogP contribution is -2.51. The van der Waals surface area contributed by atoms with Crippen LogP contribution in [0.5, 0.6) is 0 Å². The number of amides is 2. The molecule has 6 heteroatoms. The smallest absolute Gasteiger partial charge is 0.313 e. The van der Waals surface area contributed by atoms with E-state index in [-0.39, 0.29) is 0 Å². The molecule has 0 radical (unpaired) electrons. The number of benzene rings is 2. The Morgan fingerprint density at radius 1 is 0.963 bits per heavy atom. The van der Waals surface area contributed by atoms with Crippen molar-refractivity contribution in [2.45, 2.75) is 20.8 Å². The first-order valence-electron chi connectivity index (χ1n) is 9.04. The Labute approximate surface area is 164 Å². The Bertz CT molecular complexity index is 874. The summed E-state index contributed by atoms with van der Waals surface area (Å²) in [5, 5.41) is 3.20. The predicted molar refractivity (Wildman–Crippen MR) is 110 cm³/mol. The Morgan fingerprint density at radius 2 is 1.67 bits per heavy atom. The third kappa shape index (κ3) is 4.25. The lowest BCUT2D eigenvalue weighted by molar-refractivity contribution is -0.143. The minimum Gasteiger partial charge on any atom is -0.368 e. The van der Waals surface area contributed by atoms with Gasteiger partial charge in [-0.25, -0.2) is 0 Å². The summed E-state index contributed by atoms with van der Waals surface area (Å²) in [5.74, 6) is -1.14. The fourth-order valence-corrected chi connectivity index (χ4v) is 3.41. The highest BCUT2D eigenvalue weighted by atomic mass is 35.5. The van der Waals surface area contributed by atoms with Crippen LogP contribution in [0.1, 0.15) is 16.7 Å². The molecule has 2 aromatic rings. The van der Waals surface area contributed by atoms with E-state index >= 15 is 0 Å². The third-order valence-corrected chi connectivity index (χ3v) is 5.51. The molecule has 1 heterocycles. The lowest BCUT2D eigenvalue weighted by Gasteiger charge is -2.36. The first-order chi connectivity index (χ1) is 12.9. The van der Waals surface area contributed by atoms with Gasteiger partial charge in [-0.05, 0) is 55.7 Å². The highest BCUT2D eigenvalue weighted by Crippen LogP contribution is 2.24. The van der Waals surface area contributed by atoms with Gasteiger partial charge in [0.25, 0.3) is 0 Å². The van der Waals surface area contributed by atoms with Crippen LogP contribution in [0, 0.1) is 20.8 Å². The molecule has 3 rings (SSSR count). The normalized spacial score (nSPS) is 14.2. The number of halogens is 1. The van der Waals surface area contributed by atoms with Gasteiger partial charge in [0.2, 0.25) is 0 Å². The molecule has 142 valence electrons. The summed E-state index contributed by atoms with van der Waals surface area (Å²) >= 11 is 6.07. The lowest BCUT2D eigenvalue weighted by atomic mass is 10.1. The molecule has 0 aliphatic carbocycles. The van der Waals surface area contributed by atoms with Gasteiger partial charge >= 0.3 is 11.8 Å². The molecular weight excluding hydrogens is 362 g/mol. The maximum Gasteiger partial charge on any atom is 0.313 e. The highest BCUT2D eigenvalue weighted by molar-refractivity contribution is 6.39. The molecule has 0 saturated carbocycles. The molecule has 1 aliphatic rings. The van der Waals surface area contributed by atoms with Gasteiger partial charge < -0.3 is 15.1 Å². The van der Waals surface area contributed by atoms with Crippen LogP contribution in [0.4, 0.5) is 11.4 Å². The van der Waals surface area contributed by atoms with E-state index in [4.69, 9.17) is 11.6 Å². The van der Waals surface area contributed by atoms with E-state index in [2.05, 4.69) is 42.3 Å². The molecule has 0 atom stereocenters. The van der Waals surface area contributed by atoms with Crippen molar-refractivity contribution >= 4 is 34.8 Å². The molecule has 1 N–H and O–H groups in total. The summed E-state index contributed by atoms with van der Waals surface area (Å²) in [6.45, 7) is 8.55. The number of rotatable bonds is 2. The average molecular weight is 386 g/mol. The topological polar surface area (TPSA) is 52.7 Å². The summed E-state index contributed by atoms with van der Waals surface area (Å²) in [6, 6.07) is 11.5. The van der Waals surface area contributed by atoms with Crippen molar-refractivity contribution in [2.75, 3.05) is 36.4 Å². The van der Waals surface area contributed by atoms with E-state index in [9.17, 15) is 9.59 Å². The van der Waals surface area contributed by atoms with Crippen molar-refractivity contribution in [1.29, 1.82) is 0 Å². The number of hydrogen-bond acceptors (Lipinski definition) is 3. The van der Waals surface area contributed by atoms with Gasteiger partial charge in [-0.3, -0.25) is 9.59 Å². The average Bonchev–Trinajstić information content (AvgIpc) is 2.66. The minimum absolute atomic E-state index is 0.507. The van der Waals surface area contributed by atoms with Crippen molar-refractivity contribution in [3.05, 3.63) is 58.1 Å². The van der Waals surface area contributed by atoms with E-state index in [1.54, 1.807) is 17.0 Å². The second kappa shape index (κ2) is 8.01. The molecule has 1 aliphatic heterocycles. The number of aryl methyl sites for hydroxylation is 2. The molecule has 2 aromatic carbocycles. The highest BCUT2D eigenvalue weighted by Gasteiger charge is 2.26. The van der Waals surface area contributed by atoms with Crippen LogP contribution in [0.25, 0.3) is 0 Å². The van der Waals surface area contributed by atoms with Crippen LogP contribution >= 0.6 is 11.6 Å². The summed E-state index contributed by atoms with van der Waals surface area (Å²) in [7, 11) is 0. The van der Waals surface area contributed by atoms with Crippen molar-refractivity contribution < 1.29 is 9.59 Å². The Kier molecular flexibility index (Phi) is 5.71. The summed E-state index contributed by atoms with van der Waals surface area (Å²) in [6.07, 6.45) is 0. The second-order valence-electron chi connectivity index (χ2n) is 6.92. The van der Waals surface area contributed by atoms with Gasteiger partial charge in [0.05, 0.1) is 0 Å². The van der Waals surface area contributed by atoms with Crippen LogP contribution in [0.15, 0.2) is 36.4 Å². The van der Waals surface area contributed by atoms with Gasteiger partial charge in [-0.15, -0.1) is 0 Å². The van der Waals surface area contributed by atoms with E-state index in [1.807, 2.05) is 13.0 Å². The second-order valence-corrected chi connectivity index (χ2v) is 7.32. The number of nitrogens with one attached hydrogen (secondary N) is 1. The zero-order valence-corrected chi connectivity index (χ0v) is 16.6. The van der Waals surface area contributed by atoms with E-state index in [1.165, 1.54) is 16.8 Å². The van der Waals surface area contributed by atoms with Gasteiger partial charge in [-0.1, -0.05) is 29.8 Å². The summed E-state index contributed by atoms with van der Waals surface area (Å²) in [4.78, 5) is 28.7.